The van der Waals surface area contributed by atoms with Crippen molar-refractivity contribution in [3.8, 4) is 0 Å². The lowest BCUT2D eigenvalue weighted by Gasteiger charge is -2.32. The number of unbranched alkanes of at least 4 members (excludes halogenated alkanes) is 3. The van der Waals surface area contributed by atoms with Gasteiger partial charge in [0.1, 0.15) is 0 Å². The van der Waals surface area contributed by atoms with Crippen LogP contribution in [0.1, 0.15) is 58.8 Å². The molecule has 1 saturated carbocycles. The van der Waals surface area contributed by atoms with Gasteiger partial charge in [-0.3, -0.25) is 0 Å². The van der Waals surface area contributed by atoms with Gasteiger partial charge in [-0.2, -0.15) is 0 Å². The highest BCUT2D eigenvalue weighted by Gasteiger charge is 2.26. The molecule has 0 spiro atoms. The van der Waals surface area contributed by atoms with E-state index in [1.54, 1.807) is 0 Å². The van der Waals surface area contributed by atoms with Crippen molar-refractivity contribution in [3.63, 3.8) is 0 Å². The van der Waals surface area contributed by atoms with Gasteiger partial charge in [0, 0.05) is 6.04 Å². The highest BCUT2D eigenvalue weighted by molar-refractivity contribution is 4.80. The summed E-state index contributed by atoms with van der Waals surface area (Å²) in [5.74, 6) is 0.734. The Morgan fingerprint density at radius 3 is 2.60 bits per heavy atom. The standard InChI is InChI=1S/C13H27NO/c1-3-4-5-6-7-11(2)14-10-12-8-13(15)9-12/h11-15H,3-10H2,1-2H3. The zero-order valence-corrected chi connectivity index (χ0v) is 10.3. The Morgan fingerprint density at radius 2 is 2.00 bits per heavy atom. The zero-order valence-electron chi connectivity index (χ0n) is 10.3. The fourth-order valence-electron chi connectivity index (χ4n) is 2.21. The summed E-state index contributed by atoms with van der Waals surface area (Å²) in [7, 11) is 0. The van der Waals surface area contributed by atoms with E-state index in [2.05, 4.69) is 19.2 Å². The summed E-state index contributed by atoms with van der Waals surface area (Å²) in [6.45, 7) is 5.64. The van der Waals surface area contributed by atoms with Crippen molar-refractivity contribution in [2.24, 2.45) is 5.92 Å². The van der Waals surface area contributed by atoms with E-state index in [0.29, 0.717) is 6.04 Å². The summed E-state index contributed by atoms with van der Waals surface area (Å²) in [4.78, 5) is 0. The van der Waals surface area contributed by atoms with E-state index in [1.165, 1.54) is 32.1 Å². The summed E-state index contributed by atoms with van der Waals surface area (Å²) in [6.07, 6.45) is 8.75. The maximum Gasteiger partial charge on any atom is 0.0546 e. The minimum Gasteiger partial charge on any atom is -0.393 e. The van der Waals surface area contributed by atoms with E-state index in [1.807, 2.05) is 0 Å². The average molecular weight is 213 g/mol. The van der Waals surface area contributed by atoms with E-state index in [4.69, 9.17) is 5.11 Å². The lowest BCUT2D eigenvalue weighted by Crippen LogP contribution is -2.39. The van der Waals surface area contributed by atoms with Crippen LogP contribution in [0.5, 0.6) is 0 Å². The maximum atomic E-state index is 9.16. The SMILES string of the molecule is CCCCCCC(C)NCC1CC(O)C1. The molecule has 90 valence electrons. The lowest BCUT2D eigenvalue weighted by atomic mass is 9.82. The second-order valence-electron chi connectivity index (χ2n) is 5.15. The van der Waals surface area contributed by atoms with Crippen LogP contribution in [0.15, 0.2) is 0 Å². The molecule has 0 bridgehead atoms. The molecule has 1 aliphatic carbocycles. The van der Waals surface area contributed by atoms with Crippen molar-refractivity contribution in [2.45, 2.75) is 70.9 Å². The Labute approximate surface area is 94.5 Å². The van der Waals surface area contributed by atoms with Crippen LogP contribution in [-0.2, 0) is 0 Å². The largest absolute Gasteiger partial charge is 0.393 e. The van der Waals surface area contributed by atoms with Gasteiger partial charge in [0.2, 0.25) is 0 Å². The lowest BCUT2D eigenvalue weighted by molar-refractivity contribution is 0.0419. The number of rotatable bonds is 8. The third-order valence-electron chi connectivity index (χ3n) is 3.46. The van der Waals surface area contributed by atoms with Crippen molar-refractivity contribution < 1.29 is 5.11 Å². The first-order valence-corrected chi connectivity index (χ1v) is 6.63. The van der Waals surface area contributed by atoms with Crippen molar-refractivity contribution in [1.82, 2.24) is 5.32 Å². The van der Waals surface area contributed by atoms with Gasteiger partial charge < -0.3 is 10.4 Å². The molecule has 1 rings (SSSR count). The summed E-state index contributed by atoms with van der Waals surface area (Å²) >= 11 is 0. The molecule has 0 amide bonds. The summed E-state index contributed by atoms with van der Waals surface area (Å²) in [6, 6.07) is 0.652. The Bertz CT molecular complexity index is 155. The Hall–Kier alpha value is -0.0800. The maximum absolute atomic E-state index is 9.16. The fraction of sp³-hybridized carbons (Fsp3) is 1.00. The number of hydrogen-bond donors (Lipinski definition) is 2. The molecule has 0 aromatic carbocycles. The van der Waals surface area contributed by atoms with Crippen molar-refractivity contribution in [1.29, 1.82) is 0 Å². The quantitative estimate of drug-likeness (QED) is 0.608. The van der Waals surface area contributed by atoms with E-state index in [9.17, 15) is 0 Å². The van der Waals surface area contributed by atoms with Crippen molar-refractivity contribution in [2.75, 3.05) is 6.54 Å². The first-order valence-electron chi connectivity index (χ1n) is 6.63. The number of aliphatic hydroxyl groups is 1. The van der Waals surface area contributed by atoms with Gasteiger partial charge in [0.25, 0.3) is 0 Å². The van der Waals surface area contributed by atoms with Gasteiger partial charge in [-0.15, -0.1) is 0 Å². The third-order valence-corrected chi connectivity index (χ3v) is 3.46. The minimum absolute atomic E-state index is 0.00309. The van der Waals surface area contributed by atoms with Crippen LogP contribution >= 0.6 is 0 Å². The first kappa shape index (κ1) is 13.0. The van der Waals surface area contributed by atoms with E-state index in [-0.39, 0.29) is 6.10 Å². The summed E-state index contributed by atoms with van der Waals surface area (Å²) < 4.78 is 0. The predicted molar refractivity (Wildman–Crippen MR) is 65.0 cm³/mol. The number of hydrogen-bond acceptors (Lipinski definition) is 2. The minimum atomic E-state index is -0.00309. The normalized spacial score (nSPS) is 27.4. The zero-order chi connectivity index (χ0) is 11.1. The molecule has 1 aliphatic rings. The highest BCUT2D eigenvalue weighted by Crippen LogP contribution is 2.26. The molecule has 0 aromatic rings. The Morgan fingerprint density at radius 1 is 1.27 bits per heavy atom. The highest BCUT2D eigenvalue weighted by atomic mass is 16.3. The Kier molecular flexibility index (Phi) is 6.26. The Balaban J connectivity index is 1.87. The second-order valence-corrected chi connectivity index (χ2v) is 5.15. The molecule has 2 N–H and O–H groups in total. The summed E-state index contributed by atoms with van der Waals surface area (Å²) in [5, 5.41) is 12.7. The average Bonchev–Trinajstić information content (AvgIpc) is 2.18. The van der Waals surface area contributed by atoms with Gasteiger partial charge in [0.15, 0.2) is 0 Å². The smallest absolute Gasteiger partial charge is 0.0546 e. The number of aliphatic hydroxyl groups excluding tert-OH is 1. The number of nitrogens with one attached hydrogen (secondary N) is 1. The topological polar surface area (TPSA) is 32.3 Å². The molecule has 1 atom stereocenters. The van der Waals surface area contributed by atoms with Crippen molar-refractivity contribution in [3.05, 3.63) is 0 Å². The summed E-state index contributed by atoms with van der Waals surface area (Å²) in [5.41, 5.74) is 0. The van der Waals surface area contributed by atoms with Crippen LogP contribution in [-0.4, -0.2) is 23.8 Å². The van der Waals surface area contributed by atoms with Crippen LogP contribution in [0.4, 0.5) is 0 Å². The van der Waals surface area contributed by atoms with Crippen LogP contribution in [0.2, 0.25) is 0 Å². The molecule has 0 heterocycles. The van der Waals surface area contributed by atoms with E-state index in [0.717, 1.165) is 25.3 Å². The van der Waals surface area contributed by atoms with Crippen molar-refractivity contribution >= 4 is 0 Å². The van der Waals surface area contributed by atoms with E-state index >= 15 is 0 Å². The monoisotopic (exact) mass is 213 g/mol. The van der Waals surface area contributed by atoms with Crippen LogP contribution in [0, 0.1) is 5.92 Å². The molecule has 0 saturated heterocycles. The first-order chi connectivity index (χ1) is 7.22. The van der Waals surface area contributed by atoms with Gasteiger partial charge in [-0.05, 0) is 38.6 Å². The molecule has 1 unspecified atom stereocenters. The fourth-order valence-corrected chi connectivity index (χ4v) is 2.21. The molecule has 2 heteroatoms. The molecule has 0 aliphatic heterocycles. The van der Waals surface area contributed by atoms with Crippen LogP contribution in [0.25, 0.3) is 0 Å². The van der Waals surface area contributed by atoms with Crippen LogP contribution < -0.4 is 5.32 Å². The molecule has 0 radical (unpaired) electrons. The molecule has 15 heavy (non-hydrogen) atoms. The third kappa shape index (κ3) is 5.53. The predicted octanol–water partition coefficient (Wildman–Crippen LogP) is 2.71. The van der Waals surface area contributed by atoms with Gasteiger partial charge in [-0.1, -0.05) is 32.6 Å². The molecule has 0 aromatic heterocycles. The van der Waals surface area contributed by atoms with Gasteiger partial charge in [-0.25, -0.2) is 0 Å². The molecule has 2 nitrogen and oxygen atoms in total. The van der Waals surface area contributed by atoms with E-state index < -0.39 is 0 Å². The molecular formula is C13H27NO. The van der Waals surface area contributed by atoms with Gasteiger partial charge >= 0.3 is 0 Å². The van der Waals surface area contributed by atoms with Gasteiger partial charge in [0.05, 0.1) is 6.10 Å². The second kappa shape index (κ2) is 7.24. The molecular weight excluding hydrogens is 186 g/mol. The molecule has 1 fully saturated rings. The van der Waals surface area contributed by atoms with Crippen LogP contribution in [0.3, 0.4) is 0 Å².